The summed E-state index contributed by atoms with van der Waals surface area (Å²) in [7, 11) is 5.55. The summed E-state index contributed by atoms with van der Waals surface area (Å²) in [5, 5.41) is 8.89. The summed E-state index contributed by atoms with van der Waals surface area (Å²) in [5.41, 5.74) is -0.214. The third-order valence-electron chi connectivity index (χ3n) is 2.50. The van der Waals surface area contributed by atoms with Crippen molar-refractivity contribution >= 4 is 11.9 Å². The molecule has 1 aromatic rings. The number of imidazole rings is 1. The number of carboxylic acid groups (broad SMARTS) is 1. The van der Waals surface area contributed by atoms with E-state index >= 15 is 0 Å². The van der Waals surface area contributed by atoms with E-state index in [1.807, 2.05) is 19.0 Å². The van der Waals surface area contributed by atoms with Crippen molar-refractivity contribution < 1.29 is 14.7 Å². The molecular weight excluding hydrogens is 236 g/mol. The molecule has 0 unspecified atom stereocenters. The number of aromatic amines is 1. The van der Waals surface area contributed by atoms with E-state index in [2.05, 4.69) is 9.97 Å². The van der Waals surface area contributed by atoms with Gasteiger partial charge in [0.2, 0.25) is 0 Å². The van der Waals surface area contributed by atoms with Gasteiger partial charge in [0, 0.05) is 13.6 Å². The van der Waals surface area contributed by atoms with Crippen LogP contribution in [0.1, 0.15) is 27.4 Å². The molecule has 0 spiro atoms. The van der Waals surface area contributed by atoms with Gasteiger partial charge in [0.05, 0.1) is 6.33 Å². The van der Waals surface area contributed by atoms with Crippen LogP contribution in [0.3, 0.4) is 0 Å². The van der Waals surface area contributed by atoms with Crippen molar-refractivity contribution in [1.29, 1.82) is 0 Å². The maximum atomic E-state index is 12.0. The fourth-order valence-corrected chi connectivity index (χ4v) is 1.53. The molecule has 2 N–H and O–H groups in total. The number of hydrogen-bond donors (Lipinski definition) is 2. The Bertz CT molecular complexity index is 428. The summed E-state index contributed by atoms with van der Waals surface area (Å²) >= 11 is 0. The SMILES string of the molecule is CN(C)CCCN(C)C(=O)c1nc[nH]c1C(=O)O. The van der Waals surface area contributed by atoms with Crippen molar-refractivity contribution in [2.75, 3.05) is 34.2 Å². The zero-order chi connectivity index (χ0) is 13.7. The van der Waals surface area contributed by atoms with Gasteiger partial charge in [-0.3, -0.25) is 4.79 Å². The number of carboxylic acids is 1. The minimum atomic E-state index is -1.18. The third kappa shape index (κ3) is 3.56. The van der Waals surface area contributed by atoms with Crippen molar-refractivity contribution in [3.05, 3.63) is 17.7 Å². The van der Waals surface area contributed by atoms with Crippen LogP contribution < -0.4 is 0 Å². The average Bonchev–Trinajstić information content (AvgIpc) is 2.76. The monoisotopic (exact) mass is 254 g/mol. The van der Waals surface area contributed by atoms with Crippen LogP contribution in [0.5, 0.6) is 0 Å². The predicted octanol–water partition coefficient (Wildman–Crippen LogP) is 0.132. The molecule has 0 aliphatic heterocycles. The fourth-order valence-electron chi connectivity index (χ4n) is 1.53. The molecule has 0 saturated carbocycles. The summed E-state index contributed by atoms with van der Waals surface area (Å²) in [4.78, 5) is 32.6. The first-order valence-electron chi connectivity index (χ1n) is 5.60. The van der Waals surface area contributed by atoms with Gasteiger partial charge in [0.15, 0.2) is 11.4 Å². The minimum Gasteiger partial charge on any atom is -0.477 e. The third-order valence-corrected chi connectivity index (χ3v) is 2.50. The molecule has 0 fully saturated rings. The highest BCUT2D eigenvalue weighted by Crippen LogP contribution is 2.06. The molecule has 0 aliphatic rings. The van der Waals surface area contributed by atoms with Gasteiger partial charge in [0.25, 0.3) is 5.91 Å². The van der Waals surface area contributed by atoms with E-state index in [4.69, 9.17) is 5.11 Å². The van der Waals surface area contributed by atoms with E-state index in [1.54, 1.807) is 7.05 Å². The van der Waals surface area contributed by atoms with E-state index in [1.165, 1.54) is 11.2 Å². The maximum absolute atomic E-state index is 12.0. The van der Waals surface area contributed by atoms with Crippen LogP contribution >= 0.6 is 0 Å². The number of rotatable bonds is 6. The first-order valence-corrected chi connectivity index (χ1v) is 5.60. The number of aromatic nitrogens is 2. The lowest BCUT2D eigenvalue weighted by atomic mass is 10.2. The van der Waals surface area contributed by atoms with Crippen LogP contribution in [0.15, 0.2) is 6.33 Å². The molecule has 0 saturated heterocycles. The molecule has 0 aromatic carbocycles. The lowest BCUT2D eigenvalue weighted by Crippen LogP contribution is -2.31. The van der Waals surface area contributed by atoms with E-state index in [-0.39, 0.29) is 17.3 Å². The van der Waals surface area contributed by atoms with E-state index < -0.39 is 5.97 Å². The van der Waals surface area contributed by atoms with Gasteiger partial charge in [-0.1, -0.05) is 0 Å². The predicted molar refractivity (Wildman–Crippen MR) is 65.7 cm³/mol. The molecule has 1 heterocycles. The number of H-pyrrole nitrogens is 1. The Kier molecular flexibility index (Phi) is 4.85. The van der Waals surface area contributed by atoms with E-state index in [0.717, 1.165) is 13.0 Å². The first-order chi connectivity index (χ1) is 8.43. The van der Waals surface area contributed by atoms with Crippen LogP contribution in [-0.4, -0.2) is 71.0 Å². The Hall–Kier alpha value is -1.89. The second-order valence-electron chi connectivity index (χ2n) is 4.31. The molecular formula is C11H18N4O3. The summed E-state index contributed by atoms with van der Waals surface area (Å²) in [6.45, 7) is 1.42. The molecule has 1 aromatic heterocycles. The lowest BCUT2D eigenvalue weighted by Gasteiger charge is -2.17. The number of carbonyl (C=O) groups is 2. The lowest BCUT2D eigenvalue weighted by molar-refractivity contribution is 0.0674. The average molecular weight is 254 g/mol. The van der Waals surface area contributed by atoms with Gasteiger partial charge in [-0.25, -0.2) is 9.78 Å². The summed E-state index contributed by atoms with van der Waals surface area (Å²) in [6.07, 6.45) is 2.03. The molecule has 1 rings (SSSR count). The van der Waals surface area contributed by atoms with Crippen molar-refractivity contribution in [2.45, 2.75) is 6.42 Å². The smallest absolute Gasteiger partial charge is 0.354 e. The second kappa shape index (κ2) is 6.15. The highest BCUT2D eigenvalue weighted by Gasteiger charge is 2.22. The van der Waals surface area contributed by atoms with Crippen LogP contribution in [0.4, 0.5) is 0 Å². The number of amides is 1. The van der Waals surface area contributed by atoms with Gasteiger partial charge in [-0.05, 0) is 27.1 Å². The first kappa shape index (κ1) is 14.2. The number of carbonyl (C=O) groups excluding carboxylic acids is 1. The van der Waals surface area contributed by atoms with Gasteiger partial charge < -0.3 is 19.9 Å². The molecule has 18 heavy (non-hydrogen) atoms. The normalized spacial score (nSPS) is 10.7. The van der Waals surface area contributed by atoms with Crippen LogP contribution in [0, 0.1) is 0 Å². The van der Waals surface area contributed by atoms with Gasteiger partial charge >= 0.3 is 5.97 Å². The Morgan fingerprint density at radius 1 is 1.33 bits per heavy atom. The number of nitrogens with one attached hydrogen (secondary N) is 1. The quantitative estimate of drug-likeness (QED) is 0.753. The zero-order valence-corrected chi connectivity index (χ0v) is 10.8. The molecule has 0 radical (unpaired) electrons. The maximum Gasteiger partial charge on any atom is 0.354 e. The summed E-state index contributed by atoms with van der Waals surface area (Å²) in [6, 6.07) is 0. The molecule has 0 bridgehead atoms. The largest absolute Gasteiger partial charge is 0.477 e. The Morgan fingerprint density at radius 2 is 2.00 bits per heavy atom. The van der Waals surface area contributed by atoms with Crippen molar-refractivity contribution in [2.24, 2.45) is 0 Å². The molecule has 7 heteroatoms. The zero-order valence-electron chi connectivity index (χ0n) is 10.8. The summed E-state index contributed by atoms with van der Waals surface area (Å²) < 4.78 is 0. The van der Waals surface area contributed by atoms with Gasteiger partial charge in [-0.2, -0.15) is 0 Å². The van der Waals surface area contributed by atoms with E-state index in [0.29, 0.717) is 6.54 Å². The number of nitrogens with zero attached hydrogens (tertiary/aromatic N) is 3. The van der Waals surface area contributed by atoms with E-state index in [9.17, 15) is 9.59 Å². The molecule has 1 amide bonds. The van der Waals surface area contributed by atoms with Crippen molar-refractivity contribution in [3.8, 4) is 0 Å². The summed E-state index contributed by atoms with van der Waals surface area (Å²) in [5.74, 6) is -1.56. The number of hydrogen-bond acceptors (Lipinski definition) is 4. The number of aromatic carboxylic acids is 1. The van der Waals surface area contributed by atoms with Gasteiger partial charge in [0.1, 0.15) is 0 Å². The van der Waals surface area contributed by atoms with Crippen molar-refractivity contribution in [1.82, 2.24) is 19.8 Å². The second-order valence-corrected chi connectivity index (χ2v) is 4.31. The van der Waals surface area contributed by atoms with Crippen LogP contribution in [0.2, 0.25) is 0 Å². The highest BCUT2D eigenvalue weighted by atomic mass is 16.4. The topological polar surface area (TPSA) is 89.5 Å². The minimum absolute atomic E-state index is 0.0464. The van der Waals surface area contributed by atoms with Crippen molar-refractivity contribution in [3.63, 3.8) is 0 Å². The molecule has 0 atom stereocenters. The molecule has 0 aliphatic carbocycles. The van der Waals surface area contributed by atoms with Gasteiger partial charge in [-0.15, -0.1) is 0 Å². The Morgan fingerprint density at radius 3 is 2.56 bits per heavy atom. The standard InChI is InChI=1S/C11H18N4O3/c1-14(2)5-4-6-15(3)10(16)8-9(11(17)18)13-7-12-8/h7H,4-6H2,1-3H3,(H,12,13)(H,17,18). The molecule has 100 valence electrons. The Labute approximate surface area is 105 Å². The fraction of sp³-hybridized carbons (Fsp3) is 0.545. The van der Waals surface area contributed by atoms with Crippen LogP contribution in [0.25, 0.3) is 0 Å². The highest BCUT2D eigenvalue weighted by molar-refractivity contribution is 6.02. The van der Waals surface area contributed by atoms with Crippen LogP contribution in [-0.2, 0) is 0 Å². The Balaban J connectivity index is 2.63. The molecule has 7 nitrogen and oxygen atoms in total.